The number of aliphatic hydroxyl groups is 1. The average Bonchev–Trinajstić information content (AvgIpc) is 2.81. The fourth-order valence-electron chi connectivity index (χ4n) is 2.16. The highest BCUT2D eigenvalue weighted by Gasteiger charge is 2.20. The maximum absolute atomic E-state index is 11.8. The Morgan fingerprint density at radius 1 is 1.37 bits per heavy atom. The van der Waals surface area contributed by atoms with Crippen LogP contribution in [0.5, 0.6) is 0 Å². The van der Waals surface area contributed by atoms with E-state index in [0.717, 1.165) is 25.0 Å². The van der Waals surface area contributed by atoms with Gasteiger partial charge in [0.1, 0.15) is 12.2 Å². The quantitative estimate of drug-likeness (QED) is 0.742. The van der Waals surface area contributed by atoms with E-state index in [-0.39, 0.29) is 25.0 Å². The molecule has 0 unspecified atom stereocenters. The summed E-state index contributed by atoms with van der Waals surface area (Å²) in [5.41, 5.74) is 1.47. The summed E-state index contributed by atoms with van der Waals surface area (Å²) in [5.74, 6) is 0.208. The van der Waals surface area contributed by atoms with E-state index >= 15 is 0 Å². The Hall–Kier alpha value is -1.43. The third-order valence-electron chi connectivity index (χ3n) is 3.23. The molecule has 0 aliphatic rings. The molecule has 0 saturated heterocycles. The summed E-state index contributed by atoms with van der Waals surface area (Å²) in [4.78, 5) is 11.8. The van der Waals surface area contributed by atoms with Crippen LogP contribution in [-0.2, 0) is 17.9 Å². The van der Waals surface area contributed by atoms with Crippen LogP contribution >= 0.6 is 0 Å². The molecule has 1 aromatic rings. The van der Waals surface area contributed by atoms with Crippen LogP contribution in [0.2, 0.25) is 0 Å². The maximum atomic E-state index is 11.8. The minimum Gasteiger partial charge on any atom is -0.390 e. The maximum Gasteiger partial charge on any atom is 0.241 e. The molecule has 0 aliphatic carbocycles. The van der Waals surface area contributed by atoms with Gasteiger partial charge < -0.3 is 10.4 Å². The Bertz CT molecular complexity index is 399. The average molecular weight is 268 g/mol. The molecule has 19 heavy (non-hydrogen) atoms. The number of rotatable bonds is 8. The topological polar surface area (TPSA) is 80.0 Å². The molecule has 0 spiro atoms. The van der Waals surface area contributed by atoms with Crippen molar-refractivity contribution in [2.45, 2.75) is 59.1 Å². The number of carbonyl (C=O) groups is 1. The number of nitrogens with one attached hydrogen (secondary N) is 1. The van der Waals surface area contributed by atoms with Crippen molar-refractivity contribution in [2.75, 3.05) is 6.54 Å². The summed E-state index contributed by atoms with van der Waals surface area (Å²) < 4.78 is 1.62. The van der Waals surface area contributed by atoms with E-state index < -0.39 is 0 Å². The lowest BCUT2D eigenvalue weighted by Gasteiger charge is -2.15. The molecule has 0 bridgehead atoms. The van der Waals surface area contributed by atoms with Gasteiger partial charge in [-0.05, 0) is 19.3 Å². The molecule has 0 saturated carbocycles. The lowest BCUT2D eigenvalue weighted by Crippen LogP contribution is -2.29. The minimum atomic E-state index is -0.136. The van der Waals surface area contributed by atoms with Gasteiger partial charge in [-0.15, -0.1) is 5.10 Å². The number of aliphatic hydroxyl groups excluding tert-OH is 1. The number of nitrogens with zero attached hydrogens (tertiary/aromatic N) is 3. The molecular weight excluding hydrogens is 244 g/mol. The zero-order valence-corrected chi connectivity index (χ0v) is 12.0. The second-order valence-electron chi connectivity index (χ2n) is 4.60. The first-order valence-electron chi connectivity index (χ1n) is 6.97. The zero-order chi connectivity index (χ0) is 14.3. The third-order valence-corrected chi connectivity index (χ3v) is 3.23. The summed E-state index contributed by atoms with van der Waals surface area (Å²) in [7, 11) is 0. The Morgan fingerprint density at radius 3 is 2.58 bits per heavy atom. The van der Waals surface area contributed by atoms with Crippen molar-refractivity contribution < 1.29 is 9.90 Å². The molecule has 0 aromatic carbocycles. The zero-order valence-electron chi connectivity index (χ0n) is 12.0. The van der Waals surface area contributed by atoms with E-state index in [2.05, 4.69) is 29.5 Å². The molecule has 1 rings (SSSR count). The van der Waals surface area contributed by atoms with Gasteiger partial charge in [-0.1, -0.05) is 26.0 Å². The van der Waals surface area contributed by atoms with Gasteiger partial charge in [0.2, 0.25) is 5.91 Å². The van der Waals surface area contributed by atoms with Gasteiger partial charge in [0.25, 0.3) is 0 Å². The van der Waals surface area contributed by atoms with Gasteiger partial charge in [-0.3, -0.25) is 4.79 Å². The minimum absolute atomic E-state index is 0.0663. The first-order valence-corrected chi connectivity index (χ1v) is 6.97. The molecule has 0 fully saturated rings. The largest absolute Gasteiger partial charge is 0.390 e. The molecule has 0 radical (unpaired) electrons. The number of aromatic nitrogens is 3. The Morgan fingerprint density at radius 2 is 2.05 bits per heavy atom. The molecule has 1 heterocycles. The highest BCUT2D eigenvalue weighted by atomic mass is 16.3. The SMILES string of the molecule is CCCNC(=O)Cn1nnc(CO)c1C(CC)CC. The standard InChI is InChI=1S/C13H24N4O2/c1-4-7-14-12(19)8-17-13(10(5-2)6-3)11(9-18)15-16-17/h10,18H,4-9H2,1-3H3,(H,14,19). The van der Waals surface area contributed by atoms with Crippen molar-refractivity contribution in [2.24, 2.45) is 0 Å². The lowest BCUT2D eigenvalue weighted by molar-refractivity contribution is -0.121. The summed E-state index contributed by atoms with van der Waals surface area (Å²) in [5, 5.41) is 20.1. The molecule has 0 atom stereocenters. The normalized spacial score (nSPS) is 11.0. The first kappa shape index (κ1) is 15.6. The van der Waals surface area contributed by atoms with Crippen LogP contribution in [0.4, 0.5) is 0 Å². The number of hydrogen-bond acceptors (Lipinski definition) is 4. The summed E-state index contributed by atoms with van der Waals surface area (Å²) in [6, 6.07) is 0. The van der Waals surface area contributed by atoms with E-state index in [0.29, 0.717) is 12.2 Å². The monoisotopic (exact) mass is 268 g/mol. The Balaban J connectivity index is 2.88. The van der Waals surface area contributed by atoms with E-state index in [1.54, 1.807) is 4.68 Å². The molecule has 2 N–H and O–H groups in total. The van der Waals surface area contributed by atoms with Crippen molar-refractivity contribution in [3.63, 3.8) is 0 Å². The van der Waals surface area contributed by atoms with E-state index in [1.807, 2.05) is 6.92 Å². The van der Waals surface area contributed by atoms with Crippen molar-refractivity contribution in [1.82, 2.24) is 20.3 Å². The Labute approximate surface area is 114 Å². The molecule has 1 aromatic heterocycles. The van der Waals surface area contributed by atoms with Gasteiger partial charge in [0.15, 0.2) is 0 Å². The number of amides is 1. The van der Waals surface area contributed by atoms with Crippen LogP contribution in [0.15, 0.2) is 0 Å². The molecule has 1 amide bonds. The fraction of sp³-hybridized carbons (Fsp3) is 0.769. The predicted octanol–water partition coefficient (Wildman–Crippen LogP) is 1.20. The molecule has 6 heteroatoms. The molecule has 0 aliphatic heterocycles. The predicted molar refractivity (Wildman–Crippen MR) is 72.6 cm³/mol. The van der Waals surface area contributed by atoms with Crippen LogP contribution in [0.3, 0.4) is 0 Å². The number of carbonyl (C=O) groups excluding carboxylic acids is 1. The Kier molecular flexibility index (Phi) is 6.49. The third kappa shape index (κ3) is 4.02. The second kappa shape index (κ2) is 7.89. The first-order chi connectivity index (χ1) is 9.17. The van der Waals surface area contributed by atoms with E-state index in [4.69, 9.17) is 0 Å². The van der Waals surface area contributed by atoms with Crippen LogP contribution in [-0.4, -0.2) is 32.6 Å². The molecule has 6 nitrogen and oxygen atoms in total. The van der Waals surface area contributed by atoms with E-state index in [9.17, 15) is 9.90 Å². The van der Waals surface area contributed by atoms with Crippen LogP contribution in [0.1, 0.15) is 57.3 Å². The second-order valence-corrected chi connectivity index (χ2v) is 4.60. The van der Waals surface area contributed by atoms with Crippen molar-refractivity contribution in [3.05, 3.63) is 11.4 Å². The van der Waals surface area contributed by atoms with Crippen LogP contribution in [0, 0.1) is 0 Å². The molecular formula is C13H24N4O2. The van der Waals surface area contributed by atoms with Crippen molar-refractivity contribution in [1.29, 1.82) is 0 Å². The van der Waals surface area contributed by atoms with Gasteiger partial charge in [0.05, 0.1) is 12.3 Å². The summed E-state index contributed by atoms with van der Waals surface area (Å²) in [6.07, 6.45) is 2.78. The van der Waals surface area contributed by atoms with Crippen LogP contribution in [0.25, 0.3) is 0 Å². The molecule has 108 valence electrons. The van der Waals surface area contributed by atoms with Crippen LogP contribution < -0.4 is 5.32 Å². The van der Waals surface area contributed by atoms with E-state index in [1.165, 1.54) is 0 Å². The van der Waals surface area contributed by atoms with Gasteiger partial charge >= 0.3 is 0 Å². The van der Waals surface area contributed by atoms with Gasteiger partial charge in [-0.2, -0.15) is 0 Å². The lowest BCUT2D eigenvalue weighted by atomic mass is 9.97. The number of hydrogen-bond donors (Lipinski definition) is 2. The van der Waals surface area contributed by atoms with Crippen molar-refractivity contribution >= 4 is 5.91 Å². The smallest absolute Gasteiger partial charge is 0.241 e. The highest BCUT2D eigenvalue weighted by Crippen LogP contribution is 2.25. The summed E-state index contributed by atoms with van der Waals surface area (Å²) >= 11 is 0. The highest BCUT2D eigenvalue weighted by molar-refractivity contribution is 5.75. The van der Waals surface area contributed by atoms with Crippen molar-refractivity contribution in [3.8, 4) is 0 Å². The fourth-order valence-corrected chi connectivity index (χ4v) is 2.16. The van der Waals surface area contributed by atoms with Gasteiger partial charge in [0, 0.05) is 12.5 Å². The van der Waals surface area contributed by atoms with Gasteiger partial charge in [-0.25, -0.2) is 4.68 Å². The summed E-state index contributed by atoms with van der Waals surface area (Å²) in [6.45, 7) is 6.88.